The smallest absolute Gasteiger partial charge is 0.314 e. The molecule has 2 aliphatic carbocycles. The molecule has 0 amide bonds. The zero-order valence-electron chi connectivity index (χ0n) is 15.1. The topological polar surface area (TPSA) is 26.3 Å². The van der Waals surface area contributed by atoms with Crippen molar-refractivity contribution in [3.63, 3.8) is 0 Å². The van der Waals surface area contributed by atoms with Crippen LogP contribution in [0, 0.1) is 29.3 Å². The van der Waals surface area contributed by atoms with Crippen LogP contribution in [0.4, 0.5) is 13.2 Å². The van der Waals surface area contributed by atoms with Crippen LogP contribution >= 0.6 is 0 Å². The van der Waals surface area contributed by atoms with Gasteiger partial charge in [-0.2, -0.15) is 0 Å². The quantitative estimate of drug-likeness (QED) is 0.477. The average Bonchev–Trinajstić information content (AvgIpc) is 2.65. The molecule has 0 N–H and O–H groups in total. The Balaban J connectivity index is 1.61. The van der Waals surface area contributed by atoms with Gasteiger partial charge >= 0.3 is 5.97 Å². The van der Waals surface area contributed by atoms with Crippen LogP contribution in [-0.4, -0.2) is 5.97 Å². The molecule has 2 nitrogen and oxygen atoms in total. The minimum Gasteiger partial charge on any atom is -0.431 e. The van der Waals surface area contributed by atoms with Crippen molar-refractivity contribution in [1.29, 1.82) is 0 Å². The van der Waals surface area contributed by atoms with E-state index in [1.165, 1.54) is 25.3 Å². The summed E-state index contributed by atoms with van der Waals surface area (Å²) in [6, 6.07) is 0.958. The van der Waals surface area contributed by atoms with Gasteiger partial charge in [0.1, 0.15) is 5.76 Å². The van der Waals surface area contributed by atoms with Crippen molar-refractivity contribution in [2.75, 3.05) is 0 Å². The van der Waals surface area contributed by atoms with Gasteiger partial charge in [-0.1, -0.05) is 26.2 Å². The van der Waals surface area contributed by atoms with E-state index in [0.717, 1.165) is 31.7 Å². The van der Waals surface area contributed by atoms with E-state index in [0.29, 0.717) is 18.1 Å². The first-order valence-corrected chi connectivity index (χ1v) is 9.58. The highest BCUT2D eigenvalue weighted by Crippen LogP contribution is 2.34. The number of unbranched alkanes of at least 4 members (excludes halogenated alkanes) is 1. The number of carbonyl (C=O) groups excluding carboxylic acids is 1. The molecule has 0 unspecified atom stereocenters. The summed E-state index contributed by atoms with van der Waals surface area (Å²) in [5.74, 6) is -3.06. The molecule has 26 heavy (non-hydrogen) atoms. The van der Waals surface area contributed by atoms with Crippen molar-refractivity contribution in [3.8, 4) is 0 Å². The standard InChI is InChI=1S/C21H25F3O2/c1-2-3-4-13-5-7-14(8-6-13)21(25)26-16-9-10-17-15(11-16)12-18(22)20(24)19(17)23/h11-14H,2-10H2,1H3. The van der Waals surface area contributed by atoms with Crippen LogP contribution in [0.25, 0.3) is 6.08 Å². The molecule has 0 atom stereocenters. The first-order valence-electron chi connectivity index (χ1n) is 9.58. The Kier molecular flexibility index (Phi) is 6.05. The summed E-state index contributed by atoms with van der Waals surface area (Å²) in [7, 11) is 0. The Hall–Kier alpha value is -1.78. The summed E-state index contributed by atoms with van der Waals surface area (Å²) in [5, 5.41) is 0. The van der Waals surface area contributed by atoms with Crippen molar-refractivity contribution >= 4 is 12.0 Å². The summed E-state index contributed by atoms with van der Waals surface area (Å²) in [5.41, 5.74) is 0.388. The Morgan fingerprint density at radius 2 is 1.85 bits per heavy atom. The summed E-state index contributed by atoms with van der Waals surface area (Å²) in [6.07, 6.45) is 9.41. The molecule has 1 saturated carbocycles. The molecule has 1 aromatic carbocycles. The molecule has 1 fully saturated rings. The fraction of sp³-hybridized carbons (Fsp3) is 0.571. The summed E-state index contributed by atoms with van der Waals surface area (Å²) in [6.45, 7) is 2.19. The van der Waals surface area contributed by atoms with E-state index in [9.17, 15) is 18.0 Å². The van der Waals surface area contributed by atoms with Crippen molar-refractivity contribution in [2.24, 2.45) is 11.8 Å². The Morgan fingerprint density at radius 3 is 2.54 bits per heavy atom. The molecule has 0 aliphatic heterocycles. The minimum absolute atomic E-state index is 0.100. The lowest BCUT2D eigenvalue weighted by Gasteiger charge is -2.27. The zero-order valence-corrected chi connectivity index (χ0v) is 15.1. The van der Waals surface area contributed by atoms with E-state index >= 15 is 0 Å². The molecule has 142 valence electrons. The second kappa shape index (κ2) is 8.28. The normalized spacial score (nSPS) is 22.5. The summed E-state index contributed by atoms with van der Waals surface area (Å²) < 4.78 is 46.0. The maximum absolute atomic E-state index is 13.8. The number of carbonyl (C=O) groups is 1. The van der Waals surface area contributed by atoms with Crippen LogP contribution in [0.5, 0.6) is 0 Å². The molecule has 2 aliphatic rings. The van der Waals surface area contributed by atoms with Gasteiger partial charge in [-0.15, -0.1) is 0 Å². The predicted molar refractivity (Wildman–Crippen MR) is 93.7 cm³/mol. The SMILES string of the molecule is CCCCC1CCC(C(=O)OC2=Cc3cc(F)c(F)c(F)c3CC2)CC1. The highest BCUT2D eigenvalue weighted by molar-refractivity contribution is 5.75. The number of hydrogen-bond acceptors (Lipinski definition) is 2. The fourth-order valence-corrected chi connectivity index (χ4v) is 4.00. The van der Waals surface area contributed by atoms with Gasteiger partial charge in [0.05, 0.1) is 5.92 Å². The number of rotatable bonds is 5. The van der Waals surface area contributed by atoms with Crippen LogP contribution in [0.2, 0.25) is 0 Å². The molecule has 0 radical (unpaired) electrons. The molecule has 0 spiro atoms. The molecule has 1 aromatic rings. The maximum Gasteiger partial charge on any atom is 0.314 e. The van der Waals surface area contributed by atoms with Gasteiger partial charge < -0.3 is 4.74 Å². The van der Waals surface area contributed by atoms with Crippen LogP contribution in [0.3, 0.4) is 0 Å². The van der Waals surface area contributed by atoms with E-state index in [1.54, 1.807) is 0 Å². The monoisotopic (exact) mass is 366 g/mol. The van der Waals surface area contributed by atoms with E-state index in [1.807, 2.05) is 0 Å². The lowest BCUT2D eigenvalue weighted by molar-refractivity contribution is -0.145. The van der Waals surface area contributed by atoms with Crippen molar-refractivity contribution in [1.82, 2.24) is 0 Å². The zero-order chi connectivity index (χ0) is 18.7. The van der Waals surface area contributed by atoms with Crippen LogP contribution < -0.4 is 0 Å². The second-order valence-electron chi connectivity index (χ2n) is 7.45. The van der Waals surface area contributed by atoms with Crippen molar-refractivity contribution < 1.29 is 22.7 Å². The lowest BCUT2D eigenvalue weighted by Crippen LogP contribution is -2.24. The van der Waals surface area contributed by atoms with Crippen LogP contribution in [-0.2, 0) is 16.0 Å². The van der Waals surface area contributed by atoms with Crippen LogP contribution in [0.1, 0.15) is 69.4 Å². The Bertz CT molecular complexity index is 704. The number of hydrogen-bond donors (Lipinski definition) is 0. The van der Waals surface area contributed by atoms with Crippen molar-refractivity contribution in [2.45, 2.75) is 64.7 Å². The first-order chi connectivity index (χ1) is 12.5. The van der Waals surface area contributed by atoms with E-state index in [4.69, 9.17) is 4.74 Å². The number of allylic oxidation sites excluding steroid dienone is 1. The van der Waals surface area contributed by atoms with Crippen molar-refractivity contribution in [3.05, 3.63) is 40.4 Å². The third-order valence-corrected chi connectivity index (χ3v) is 5.61. The summed E-state index contributed by atoms with van der Waals surface area (Å²) in [4.78, 5) is 12.4. The molecule has 3 rings (SSSR count). The third-order valence-electron chi connectivity index (χ3n) is 5.61. The molecule has 5 heteroatoms. The number of halogens is 3. The van der Waals surface area contributed by atoms with Gasteiger partial charge in [-0.3, -0.25) is 4.79 Å². The van der Waals surface area contributed by atoms with E-state index < -0.39 is 17.5 Å². The second-order valence-corrected chi connectivity index (χ2v) is 7.45. The number of fused-ring (bicyclic) bond motifs is 1. The average molecular weight is 366 g/mol. The van der Waals surface area contributed by atoms with Gasteiger partial charge in [0.15, 0.2) is 17.5 Å². The first kappa shape index (κ1) is 19.0. The van der Waals surface area contributed by atoms with E-state index in [-0.39, 0.29) is 29.4 Å². The van der Waals surface area contributed by atoms with Gasteiger partial charge in [0.25, 0.3) is 0 Å². The highest BCUT2D eigenvalue weighted by atomic mass is 19.2. The van der Waals surface area contributed by atoms with E-state index in [2.05, 4.69) is 6.92 Å². The minimum atomic E-state index is -1.45. The molecule has 0 aromatic heterocycles. The van der Waals surface area contributed by atoms with Gasteiger partial charge in [-0.05, 0) is 61.3 Å². The van der Waals surface area contributed by atoms with Gasteiger partial charge in [0.2, 0.25) is 0 Å². The molecule has 0 bridgehead atoms. The third kappa shape index (κ3) is 4.13. The van der Waals surface area contributed by atoms with Crippen LogP contribution in [0.15, 0.2) is 11.8 Å². The Morgan fingerprint density at radius 1 is 1.12 bits per heavy atom. The van der Waals surface area contributed by atoms with Gasteiger partial charge in [-0.25, -0.2) is 13.2 Å². The number of ether oxygens (including phenoxy) is 1. The fourth-order valence-electron chi connectivity index (χ4n) is 4.00. The molecule has 0 saturated heterocycles. The highest BCUT2D eigenvalue weighted by Gasteiger charge is 2.29. The molecular formula is C21H25F3O2. The lowest BCUT2D eigenvalue weighted by atomic mass is 9.80. The summed E-state index contributed by atoms with van der Waals surface area (Å²) >= 11 is 0. The maximum atomic E-state index is 13.8. The molecular weight excluding hydrogens is 341 g/mol. The Labute approximate surface area is 152 Å². The number of esters is 1. The number of benzene rings is 1. The predicted octanol–water partition coefficient (Wildman–Crippen LogP) is 5.93. The van der Waals surface area contributed by atoms with Gasteiger partial charge in [0, 0.05) is 6.42 Å². The largest absolute Gasteiger partial charge is 0.431 e. The molecule has 0 heterocycles.